The Morgan fingerprint density at radius 3 is 2.82 bits per heavy atom. The Hall–Kier alpha value is -0.630. The third-order valence-corrected chi connectivity index (χ3v) is 1.33. The number of carbonyl (C=O) groups excluding carboxylic acids is 1. The second kappa shape index (κ2) is 9.37. The van der Waals surface area contributed by atoms with E-state index in [0.29, 0.717) is 0 Å². The molecule has 0 aromatic heterocycles. The lowest BCUT2D eigenvalue weighted by molar-refractivity contribution is -0.104. The monoisotopic (exact) mass is 156 g/mol. The smallest absolute Gasteiger partial charge is 0.142 e. The molecule has 0 fully saturated rings. The lowest BCUT2D eigenvalue weighted by Gasteiger charge is -1.97. The highest BCUT2D eigenvalue weighted by molar-refractivity contribution is 5.64. The third kappa shape index (κ3) is 9.37. The topological polar surface area (TPSA) is 26.3 Å². The van der Waals surface area contributed by atoms with Gasteiger partial charge < -0.3 is 4.74 Å². The number of unbranched alkanes of at least 4 members (excludes halogenated alkanes) is 2. The molecule has 0 amide bonds. The van der Waals surface area contributed by atoms with E-state index in [9.17, 15) is 4.79 Å². The van der Waals surface area contributed by atoms with E-state index >= 15 is 0 Å². The van der Waals surface area contributed by atoms with Gasteiger partial charge in [-0.3, -0.25) is 4.79 Å². The summed E-state index contributed by atoms with van der Waals surface area (Å²) in [6, 6.07) is 0. The molecule has 0 rings (SSSR count). The van der Waals surface area contributed by atoms with Crippen molar-refractivity contribution >= 4 is 6.29 Å². The predicted molar refractivity (Wildman–Crippen MR) is 45.5 cm³/mol. The number of allylic oxidation sites excluding steroid dienone is 2. The number of carbonyl (C=O) groups is 1. The summed E-state index contributed by atoms with van der Waals surface area (Å²) in [5.74, 6) is 0. The second-order valence-electron chi connectivity index (χ2n) is 2.26. The van der Waals surface area contributed by atoms with Gasteiger partial charge in [0.15, 0.2) is 0 Å². The van der Waals surface area contributed by atoms with Gasteiger partial charge in [0.05, 0.1) is 0 Å². The fraction of sp³-hybridized carbons (Fsp3) is 0.667. The van der Waals surface area contributed by atoms with Gasteiger partial charge in [0.1, 0.15) is 6.29 Å². The SMILES string of the molecule is CCOCCCCC=CC=O. The molecule has 2 heteroatoms. The maximum atomic E-state index is 9.83. The molecule has 11 heavy (non-hydrogen) atoms. The Kier molecular flexibility index (Phi) is 8.83. The second-order valence-corrected chi connectivity index (χ2v) is 2.26. The van der Waals surface area contributed by atoms with Crippen molar-refractivity contribution in [1.29, 1.82) is 0 Å². The molecular formula is C9H16O2. The van der Waals surface area contributed by atoms with Crippen molar-refractivity contribution in [1.82, 2.24) is 0 Å². The normalized spacial score (nSPS) is 10.6. The summed E-state index contributed by atoms with van der Waals surface area (Å²) in [6.45, 7) is 3.63. The first kappa shape index (κ1) is 10.4. The molecule has 2 nitrogen and oxygen atoms in total. The Bertz CT molecular complexity index is 108. The van der Waals surface area contributed by atoms with Crippen LogP contribution in [0.2, 0.25) is 0 Å². The molecule has 0 spiro atoms. The minimum atomic E-state index is 0.796. The molecule has 0 saturated carbocycles. The molecular weight excluding hydrogens is 140 g/mol. The van der Waals surface area contributed by atoms with Crippen LogP contribution < -0.4 is 0 Å². The number of hydrogen-bond donors (Lipinski definition) is 0. The fourth-order valence-corrected chi connectivity index (χ4v) is 0.762. The van der Waals surface area contributed by atoms with E-state index in [0.717, 1.165) is 38.8 Å². The van der Waals surface area contributed by atoms with E-state index < -0.39 is 0 Å². The van der Waals surface area contributed by atoms with Gasteiger partial charge >= 0.3 is 0 Å². The summed E-state index contributed by atoms with van der Waals surface area (Å²) >= 11 is 0. The van der Waals surface area contributed by atoms with Crippen LogP contribution in [0.1, 0.15) is 26.2 Å². The number of aldehydes is 1. The molecule has 0 atom stereocenters. The lowest BCUT2D eigenvalue weighted by Crippen LogP contribution is -1.92. The average Bonchev–Trinajstić information content (AvgIpc) is 2.03. The number of rotatable bonds is 7. The van der Waals surface area contributed by atoms with Crippen LogP contribution in [-0.4, -0.2) is 19.5 Å². The van der Waals surface area contributed by atoms with E-state index in [1.165, 1.54) is 0 Å². The van der Waals surface area contributed by atoms with Gasteiger partial charge in [-0.2, -0.15) is 0 Å². The van der Waals surface area contributed by atoms with Crippen molar-refractivity contribution in [2.45, 2.75) is 26.2 Å². The van der Waals surface area contributed by atoms with Gasteiger partial charge in [-0.1, -0.05) is 6.08 Å². The molecule has 0 bridgehead atoms. The summed E-state index contributed by atoms with van der Waals surface area (Å²) in [6.07, 6.45) is 7.40. The van der Waals surface area contributed by atoms with E-state index in [-0.39, 0.29) is 0 Å². The minimum Gasteiger partial charge on any atom is -0.382 e. The van der Waals surface area contributed by atoms with Crippen molar-refractivity contribution in [2.75, 3.05) is 13.2 Å². The molecule has 64 valence electrons. The van der Waals surface area contributed by atoms with Crippen LogP contribution in [0.5, 0.6) is 0 Å². The molecule has 0 aromatic rings. The molecule has 0 saturated heterocycles. The van der Waals surface area contributed by atoms with Crippen molar-refractivity contribution in [3.63, 3.8) is 0 Å². The molecule has 0 aromatic carbocycles. The van der Waals surface area contributed by atoms with Crippen LogP contribution in [0.3, 0.4) is 0 Å². The quantitative estimate of drug-likeness (QED) is 0.320. The zero-order valence-corrected chi connectivity index (χ0v) is 7.08. The van der Waals surface area contributed by atoms with Gasteiger partial charge in [-0.15, -0.1) is 0 Å². The van der Waals surface area contributed by atoms with Crippen molar-refractivity contribution in [3.8, 4) is 0 Å². The summed E-state index contributed by atoms with van der Waals surface area (Å²) < 4.78 is 5.15. The van der Waals surface area contributed by atoms with Crippen LogP contribution in [0.25, 0.3) is 0 Å². The lowest BCUT2D eigenvalue weighted by atomic mass is 10.2. The van der Waals surface area contributed by atoms with Crippen LogP contribution in [0.15, 0.2) is 12.2 Å². The first-order valence-electron chi connectivity index (χ1n) is 4.10. The van der Waals surface area contributed by atoms with E-state index in [4.69, 9.17) is 4.74 Å². The molecule has 0 unspecified atom stereocenters. The summed E-state index contributed by atoms with van der Waals surface area (Å²) in [4.78, 5) is 9.83. The molecule has 0 aliphatic carbocycles. The molecule has 0 aliphatic heterocycles. The number of ether oxygens (including phenoxy) is 1. The van der Waals surface area contributed by atoms with Gasteiger partial charge in [-0.25, -0.2) is 0 Å². The zero-order valence-electron chi connectivity index (χ0n) is 7.08. The van der Waals surface area contributed by atoms with Crippen molar-refractivity contribution in [3.05, 3.63) is 12.2 Å². The molecule has 0 radical (unpaired) electrons. The van der Waals surface area contributed by atoms with Gasteiger partial charge in [0.2, 0.25) is 0 Å². The fourth-order valence-electron chi connectivity index (χ4n) is 0.762. The van der Waals surface area contributed by atoms with Crippen molar-refractivity contribution < 1.29 is 9.53 Å². The standard InChI is InChI=1S/C9H16O2/c1-2-11-9-7-5-3-4-6-8-10/h4,6,8H,2-3,5,7,9H2,1H3. The third-order valence-electron chi connectivity index (χ3n) is 1.33. The van der Waals surface area contributed by atoms with Crippen LogP contribution in [0, 0.1) is 0 Å². The molecule has 0 aliphatic rings. The Morgan fingerprint density at radius 2 is 2.18 bits per heavy atom. The van der Waals surface area contributed by atoms with Gasteiger partial charge in [0, 0.05) is 13.2 Å². The highest BCUT2D eigenvalue weighted by Gasteiger charge is 1.84. The minimum absolute atomic E-state index is 0.796. The maximum absolute atomic E-state index is 9.83. The first-order valence-corrected chi connectivity index (χ1v) is 4.10. The first-order chi connectivity index (χ1) is 5.41. The van der Waals surface area contributed by atoms with E-state index in [2.05, 4.69) is 0 Å². The Balaban J connectivity index is 2.90. The maximum Gasteiger partial charge on any atom is 0.142 e. The summed E-state index contributed by atoms with van der Waals surface area (Å²) in [5, 5.41) is 0. The van der Waals surface area contributed by atoms with E-state index in [1.807, 2.05) is 13.0 Å². The summed E-state index contributed by atoms with van der Waals surface area (Å²) in [7, 11) is 0. The van der Waals surface area contributed by atoms with Crippen LogP contribution >= 0.6 is 0 Å². The highest BCUT2D eigenvalue weighted by atomic mass is 16.5. The largest absolute Gasteiger partial charge is 0.382 e. The highest BCUT2D eigenvalue weighted by Crippen LogP contribution is 1.96. The average molecular weight is 156 g/mol. The van der Waals surface area contributed by atoms with E-state index in [1.54, 1.807) is 6.08 Å². The summed E-state index contributed by atoms with van der Waals surface area (Å²) in [5.41, 5.74) is 0. The molecule has 0 N–H and O–H groups in total. The Labute approximate surface area is 68.2 Å². The van der Waals surface area contributed by atoms with Crippen LogP contribution in [0.4, 0.5) is 0 Å². The van der Waals surface area contributed by atoms with Gasteiger partial charge in [-0.05, 0) is 32.3 Å². The van der Waals surface area contributed by atoms with Gasteiger partial charge in [0.25, 0.3) is 0 Å². The Morgan fingerprint density at radius 1 is 1.36 bits per heavy atom. The van der Waals surface area contributed by atoms with Crippen molar-refractivity contribution in [2.24, 2.45) is 0 Å². The van der Waals surface area contributed by atoms with Crippen LogP contribution in [-0.2, 0) is 9.53 Å². The predicted octanol–water partition coefficient (Wildman–Crippen LogP) is 1.95. The number of hydrogen-bond acceptors (Lipinski definition) is 2. The zero-order chi connectivity index (χ0) is 8.36. The molecule has 0 heterocycles.